The molecule has 0 N–H and O–H groups in total. The quantitative estimate of drug-likeness (QED) is 0.172. The van der Waals surface area contributed by atoms with Crippen molar-refractivity contribution in [2.75, 3.05) is 4.90 Å². The standard InChI is InChI=1S/C42H31NO4S/c1-26-20-33(47-38-24-32(16-18-35(26)38)43(39-14-9-19-48-39)31-12-7-4-8-13-31)25-34-22-30(21-27(2)46-34)40-41(44)36-17-15-29(23-37(36)42(40)45)28-10-5-3-6-11-28/h3-25,30,40H,1-2H3/b33-25+. The van der Waals surface area contributed by atoms with Crippen LogP contribution in [0.15, 0.2) is 156 Å². The summed E-state index contributed by atoms with van der Waals surface area (Å²) in [7, 11) is 0. The van der Waals surface area contributed by atoms with Crippen LogP contribution in [-0.4, -0.2) is 11.6 Å². The highest BCUT2D eigenvalue weighted by atomic mass is 32.1. The van der Waals surface area contributed by atoms with Crippen LogP contribution in [0, 0.1) is 11.8 Å². The number of ether oxygens (including phenoxy) is 2. The lowest BCUT2D eigenvalue weighted by Crippen LogP contribution is -2.25. The summed E-state index contributed by atoms with van der Waals surface area (Å²) in [5, 5.41) is 3.17. The Morgan fingerprint density at radius 1 is 0.688 bits per heavy atom. The van der Waals surface area contributed by atoms with Crippen LogP contribution in [-0.2, 0) is 4.74 Å². The Kier molecular flexibility index (Phi) is 7.50. The Morgan fingerprint density at radius 2 is 1.44 bits per heavy atom. The maximum Gasteiger partial charge on any atom is 0.175 e. The van der Waals surface area contributed by atoms with Gasteiger partial charge in [0.1, 0.15) is 17.3 Å². The summed E-state index contributed by atoms with van der Waals surface area (Å²) in [5.74, 6) is 0.902. The van der Waals surface area contributed by atoms with E-state index in [1.165, 1.54) is 0 Å². The molecule has 2 unspecified atom stereocenters. The monoisotopic (exact) mass is 645 g/mol. The van der Waals surface area contributed by atoms with Gasteiger partial charge in [-0.2, -0.15) is 0 Å². The van der Waals surface area contributed by atoms with Gasteiger partial charge in [-0.1, -0.05) is 60.7 Å². The summed E-state index contributed by atoms with van der Waals surface area (Å²) in [6.07, 6.45) is 7.54. The van der Waals surface area contributed by atoms with E-state index in [9.17, 15) is 9.59 Å². The van der Waals surface area contributed by atoms with Gasteiger partial charge in [0.15, 0.2) is 11.6 Å². The minimum absolute atomic E-state index is 0.159. The lowest BCUT2D eigenvalue weighted by atomic mass is 9.86. The number of anilines is 3. The van der Waals surface area contributed by atoms with Crippen LogP contribution in [0.5, 0.6) is 5.75 Å². The second-order valence-corrected chi connectivity index (χ2v) is 13.1. The highest BCUT2D eigenvalue weighted by Crippen LogP contribution is 2.43. The minimum Gasteiger partial charge on any atom is -0.463 e. The number of thiophene rings is 1. The first-order valence-corrected chi connectivity index (χ1v) is 16.8. The maximum atomic E-state index is 13.8. The van der Waals surface area contributed by atoms with E-state index in [1.54, 1.807) is 17.4 Å². The minimum atomic E-state index is -0.840. The Morgan fingerprint density at radius 3 is 2.21 bits per heavy atom. The van der Waals surface area contributed by atoms with Gasteiger partial charge in [-0.3, -0.25) is 9.59 Å². The zero-order valence-corrected chi connectivity index (χ0v) is 27.2. The number of benzene rings is 4. The van der Waals surface area contributed by atoms with Gasteiger partial charge in [-0.15, -0.1) is 11.3 Å². The molecule has 3 heterocycles. The molecule has 3 aliphatic rings. The molecular weight excluding hydrogens is 615 g/mol. The molecule has 5 nitrogen and oxygen atoms in total. The van der Waals surface area contributed by atoms with Crippen molar-refractivity contribution in [3.05, 3.63) is 173 Å². The Balaban J connectivity index is 1.09. The van der Waals surface area contributed by atoms with E-state index in [0.29, 0.717) is 28.4 Å². The lowest BCUT2D eigenvalue weighted by Gasteiger charge is -2.26. The highest BCUT2D eigenvalue weighted by molar-refractivity contribution is 7.14. The zero-order chi connectivity index (χ0) is 32.8. The van der Waals surface area contributed by atoms with Crippen LogP contribution in [0.3, 0.4) is 0 Å². The molecule has 0 saturated carbocycles. The molecule has 6 heteroatoms. The third kappa shape index (κ3) is 5.40. The molecule has 1 aliphatic carbocycles. The summed E-state index contributed by atoms with van der Waals surface area (Å²) in [4.78, 5) is 29.6. The van der Waals surface area contributed by atoms with E-state index in [4.69, 9.17) is 9.47 Å². The summed E-state index contributed by atoms with van der Waals surface area (Å²) in [6.45, 7) is 3.90. The number of Topliss-reactive ketones (excluding diaryl/α,β-unsaturated/α-hetero) is 2. The number of carbonyl (C=O) groups excluding carboxylic acids is 2. The first-order valence-electron chi connectivity index (χ1n) is 15.9. The summed E-state index contributed by atoms with van der Waals surface area (Å²) < 4.78 is 12.6. The van der Waals surface area contributed by atoms with Crippen molar-refractivity contribution in [1.82, 2.24) is 0 Å². The van der Waals surface area contributed by atoms with E-state index in [-0.39, 0.29) is 11.6 Å². The zero-order valence-electron chi connectivity index (χ0n) is 26.4. The number of carbonyl (C=O) groups is 2. The van der Waals surface area contributed by atoms with Gasteiger partial charge in [0.05, 0.1) is 22.4 Å². The van der Waals surface area contributed by atoms with Gasteiger partial charge < -0.3 is 14.4 Å². The molecule has 2 aliphatic heterocycles. The molecule has 0 saturated heterocycles. The van der Waals surface area contributed by atoms with E-state index in [0.717, 1.165) is 44.4 Å². The fraction of sp³-hybridized carbons (Fsp3) is 0.0952. The lowest BCUT2D eigenvalue weighted by molar-refractivity contribution is 0.0814. The summed E-state index contributed by atoms with van der Waals surface area (Å²) >= 11 is 1.67. The van der Waals surface area contributed by atoms with Crippen LogP contribution < -0.4 is 9.64 Å². The van der Waals surface area contributed by atoms with Crippen molar-refractivity contribution in [2.24, 2.45) is 11.8 Å². The molecule has 0 bridgehead atoms. The van der Waals surface area contributed by atoms with Crippen LogP contribution in [0.1, 0.15) is 40.1 Å². The first-order chi connectivity index (χ1) is 23.4. The molecule has 0 radical (unpaired) electrons. The maximum absolute atomic E-state index is 13.8. The van der Waals surface area contributed by atoms with Gasteiger partial charge in [-0.05, 0) is 96.6 Å². The molecule has 2 atom stereocenters. The molecule has 1 aromatic heterocycles. The molecule has 8 rings (SSSR count). The topological polar surface area (TPSA) is 55.8 Å². The first kappa shape index (κ1) is 29.7. The van der Waals surface area contributed by atoms with E-state index in [2.05, 4.69) is 53.6 Å². The van der Waals surface area contributed by atoms with Crippen molar-refractivity contribution in [2.45, 2.75) is 13.8 Å². The summed E-state index contributed by atoms with van der Waals surface area (Å²) in [5.41, 5.74) is 6.98. The van der Waals surface area contributed by atoms with Crippen LogP contribution in [0.4, 0.5) is 16.4 Å². The van der Waals surface area contributed by atoms with Crippen LogP contribution >= 0.6 is 11.3 Å². The van der Waals surface area contributed by atoms with Gasteiger partial charge in [-0.25, -0.2) is 0 Å². The predicted molar refractivity (Wildman–Crippen MR) is 192 cm³/mol. The second-order valence-electron chi connectivity index (χ2n) is 12.1. The van der Waals surface area contributed by atoms with Crippen molar-refractivity contribution in [3.63, 3.8) is 0 Å². The predicted octanol–water partition coefficient (Wildman–Crippen LogP) is 10.7. The number of rotatable bonds is 6. The number of ketones is 2. The molecule has 0 spiro atoms. The number of para-hydroxylation sites is 1. The normalized spacial score (nSPS) is 19.0. The average molecular weight is 646 g/mol. The molecule has 234 valence electrons. The molecule has 4 aromatic carbocycles. The fourth-order valence-electron chi connectivity index (χ4n) is 6.71. The van der Waals surface area contributed by atoms with Gasteiger partial charge in [0, 0.05) is 40.4 Å². The third-order valence-corrected chi connectivity index (χ3v) is 9.78. The molecular formula is C42H31NO4S. The van der Waals surface area contributed by atoms with Crippen molar-refractivity contribution < 1.29 is 19.1 Å². The second kappa shape index (κ2) is 12.1. The van der Waals surface area contributed by atoms with Gasteiger partial charge in [0.25, 0.3) is 0 Å². The molecule has 5 aromatic rings. The average Bonchev–Trinajstić information content (AvgIpc) is 3.71. The molecule has 48 heavy (non-hydrogen) atoms. The van der Waals surface area contributed by atoms with Gasteiger partial charge >= 0.3 is 0 Å². The number of hydrogen-bond acceptors (Lipinski definition) is 6. The van der Waals surface area contributed by atoms with Crippen molar-refractivity contribution >= 4 is 44.9 Å². The number of nitrogens with zero attached hydrogens (tertiary/aromatic N) is 1. The Hall–Kier alpha value is -5.72. The molecule has 0 amide bonds. The number of fused-ring (bicyclic) bond motifs is 2. The molecule has 0 fully saturated rings. The summed E-state index contributed by atoms with van der Waals surface area (Å²) in [6, 6.07) is 36.1. The largest absolute Gasteiger partial charge is 0.463 e. The smallest absolute Gasteiger partial charge is 0.175 e. The number of allylic oxidation sites excluding steroid dienone is 6. The third-order valence-electron chi connectivity index (χ3n) is 8.93. The Bertz CT molecular complexity index is 2190. The SMILES string of the molecule is CC1=CC(C2C(=O)c3ccc(-c4ccccc4)cc3C2=O)C=C(/C=C2\C=C(C)c3ccc(N(c4ccccc4)c4cccs4)cc3O2)O1. The van der Waals surface area contributed by atoms with E-state index >= 15 is 0 Å². The van der Waals surface area contributed by atoms with Crippen LogP contribution in [0.25, 0.3) is 16.7 Å². The number of hydrogen-bond donors (Lipinski definition) is 0. The van der Waals surface area contributed by atoms with E-state index < -0.39 is 11.8 Å². The van der Waals surface area contributed by atoms with Crippen molar-refractivity contribution in [3.8, 4) is 16.9 Å². The van der Waals surface area contributed by atoms with Crippen LogP contribution in [0.2, 0.25) is 0 Å². The fourth-order valence-corrected chi connectivity index (χ4v) is 7.48. The van der Waals surface area contributed by atoms with Gasteiger partial charge in [0.2, 0.25) is 0 Å². The van der Waals surface area contributed by atoms with E-state index in [1.807, 2.05) is 98.0 Å². The highest BCUT2D eigenvalue weighted by Gasteiger charge is 2.43. The van der Waals surface area contributed by atoms with Crippen molar-refractivity contribution in [1.29, 1.82) is 0 Å². The Labute approximate surface area is 283 Å².